The highest BCUT2D eigenvalue weighted by molar-refractivity contribution is 5.68. The average molecular weight is 214 g/mol. The Kier molecular flexibility index (Phi) is 2.77. The Morgan fingerprint density at radius 2 is 2.12 bits per heavy atom. The summed E-state index contributed by atoms with van der Waals surface area (Å²) >= 11 is 0. The number of rotatable bonds is 3. The van der Waals surface area contributed by atoms with Crippen LogP contribution in [0.2, 0.25) is 0 Å². The van der Waals surface area contributed by atoms with Crippen molar-refractivity contribution in [2.45, 2.75) is 0 Å². The molecule has 0 saturated carbocycles. The Hall–Kier alpha value is -2.03. The van der Waals surface area contributed by atoms with Crippen molar-refractivity contribution in [1.29, 1.82) is 0 Å². The van der Waals surface area contributed by atoms with Crippen LogP contribution in [0, 0.1) is 0 Å². The number of hydrogen-bond acceptors (Lipinski definition) is 2. The van der Waals surface area contributed by atoms with Crippen LogP contribution < -0.4 is 4.74 Å². The van der Waals surface area contributed by atoms with E-state index in [-0.39, 0.29) is 0 Å². The van der Waals surface area contributed by atoms with Crippen LogP contribution in [-0.4, -0.2) is 16.9 Å². The van der Waals surface area contributed by atoms with Crippen LogP contribution in [0.25, 0.3) is 17.2 Å². The van der Waals surface area contributed by atoms with E-state index in [2.05, 4.69) is 17.7 Å². The maximum atomic E-state index is 5.25. The highest BCUT2D eigenvalue weighted by Crippen LogP contribution is 2.26. The van der Waals surface area contributed by atoms with Gasteiger partial charge in [0.2, 0.25) is 0 Å². The van der Waals surface area contributed by atoms with E-state index in [4.69, 9.17) is 4.74 Å². The van der Waals surface area contributed by atoms with Gasteiger partial charge in [-0.3, -0.25) is 4.68 Å². The molecule has 1 aromatic carbocycles. The summed E-state index contributed by atoms with van der Waals surface area (Å²) in [4.78, 5) is 0. The van der Waals surface area contributed by atoms with E-state index >= 15 is 0 Å². The first-order valence-corrected chi connectivity index (χ1v) is 5.03. The van der Waals surface area contributed by atoms with Gasteiger partial charge in [-0.05, 0) is 29.3 Å². The number of aryl methyl sites for hydroxylation is 1. The zero-order valence-electron chi connectivity index (χ0n) is 9.47. The van der Waals surface area contributed by atoms with E-state index in [1.165, 1.54) is 0 Å². The van der Waals surface area contributed by atoms with Gasteiger partial charge in [0, 0.05) is 18.8 Å². The number of nitrogens with zero attached hydrogens (tertiary/aromatic N) is 2. The van der Waals surface area contributed by atoms with E-state index in [9.17, 15) is 0 Å². The molecule has 0 saturated heterocycles. The molecule has 1 aromatic heterocycles. The maximum absolute atomic E-state index is 5.25. The van der Waals surface area contributed by atoms with Crippen molar-refractivity contribution in [2.24, 2.45) is 7.05 Å². The number of benzene rings is 1. The largest absolute Gasteiger partial charge is 0.497 e. The maximum Gasteiger partial charge on any atom is 0.120 e. The number of ether oxygens (including phenoxy) is 1. The Morgan fingerprint density at radius 3 is 2.69 bits per heavy atom. The summed E-state index contributed by atoms with van der Waals surface area (Å²) in [6, 6.07) is 6.00. The molecule has 16 heavy (non-hydrogen) atoms. The second-order valence-electron chi connectivity index (χ2n) is 3.60. The summed E-state index contributed by atoms with van der Waals surface area (Å²) in [6.45, 7) is 3.77. The lowest BCUT2D eigenvalue weighted by Gasteiger charge is -2.05. The van der Waals surface area contributed by atoms with Crippen molar-refractivity contribution in [1.82, 2.24) is 9.78 Å². The van der Waals surface area contributed by atoms with Gasteiger partial charge in [0.15, 0.2) is 0 Å². The Labute approximate surface area is 95.0 Å². The normalized spacial score (nSPS) is 10.1. The van der Waals surface area contributed by atoms with Gasteiger partial charge in [-0.25, -0.2) is 0 Å². The third-order valence-corrected chi connectivity index (χ3v) is 2.44. The number of aromatic nitrogens is 2. The lowest BCUT2D eigenvalue weighted by atomic mass is 10.1. The molecule has 0 aliphatic carbocycles. The summed E-state index contributed by atoms with van der Waals surface area (Å²) in [6.07, 6.45) is 5.62. The molecule has 82 valence electrons. The summed E-state index contributed by atoms with van der Waals surface area (Å²) in [5.41, 5.74) is 3.20. The zero-order valence-corrected chi connectivity index (χ0v) is 9.47. The fraction of sp³-hybridized carbons (Fsp3) is 0.154. The molecule has 2 aromatic rings. The van der Waals surface area contributed by atoms with Gasteiger partial charge in [0.05, 0.1) is 13.3 Å². The van der Waals surface area contributed by atoms with Gasteiger partial charge < -0.3 is 4.74 Å². The van der Waals surface area contributed by atoms with E-state index in [0.717, 1.165) is 22.4 Å². The SMILES string of the molecule is C=Cc1cc(OC)cc(-c2cnn(C)c2)c1. The molecule has 0 radical (unpaired) electrons. The standard InChI is InChI=1S/C13H14N2O/c1-4-10-5-11(7-13(6-10)16-3)12-8-14-15(2)9-12/h4-9H,1H2,2-3H3. The van der Waals surface area contributed by atoms with E-state index in [1.807, 2.05) is 37.7 Å². The summed E-state index contributed by atoms with van der Waals surface area (Å²) in [5.74, 6) is 0.830. The Morgan fingerprint density at radius 1 is 1.31 bits per heavy atom. The molecule has 3 heteroatoms. The third kappa shape index (κ3) is 1.98. The molecule has 0 amide bonds. The third-order valence-electron chi connectivity index (χ3n) is 2.44. The summed E-state index contributed by atoms with van der Waals surface area (Å²) < 4.78 is 7.03. The molecule has 0 aliphatic heterocycles. The van der Waals surface area contributed by atoms with E-state index in [0.29, 0.717) is 0 Å². The highest BCUT2D eigenvalue weighted by atomic mass is 16.5. The van der Waals surface area contributed by atoms with Crippen molar-refractivity contribution in [3.8, 4) is 16.9 Å². The van der Waals surface area contributed by atoms with Gasteiger partial charge in [-0.15, -0.1) is 0 Å². The molecular formula is C13H14N2O. The zero-order chi connectivity index (χ0) is 11.5. The number of methoxy groups -OCH3 is 1. The van der Waals surface area contributed by atoms with Crippen molar-refractivity contribution < 1.29 is 4.74 Å². The second-order valence-corrected chi connectivity index (χ2v) is 3.60. The molecule has 0 unspecified atom stereocenters. The van der Waals surface area contributed by atoms with E-state index in [1.54, 1.807) is 11.8 Å². The van der Waals surface area contributed by atoms with Crippen molar-refractivity contribution in [2.75, 3.05) is 7.11 Å². The first-order valence-electron chi connectivity index (χ1n) is 5.03. The fourth-order valence-corrected chi connectivity index (χ4v) is 1.59. The van der Waals surface area contributed by atoms with Crippen molar-refractivity contribution in [3.05, 3.63) is 42.7 Å². The Balaban J connectivity index is 2.51. The first kappa shape index (κ1) is 10.5. The average Bonchev–Trinajstić information content (AvgIpc) is 2.75. The van der Waals surface area contributed by atoms with Crippen LogP contribution in [-0.2, 0) is 7.05 Å². The predicted molar refractivity (Wildman–Crippen MR) is 65.3 cm³/mol. The van der Waals surface area contributed by atoms with Crippen LogP contribution in [0.4, 0.5) is 0 Å². The van der Waals surface area contributed by atoms with Gasteiger partial charge in [0.25, 0.3) is 0 Å². The van der Waals surface area contributed by atoms with Crippen LogP contribution in [0.15, 0.2) is 37.2 Å². The molecule has 0 N–H and O–H groups in total. The van der Waals surface area contributed by atoms with Crippen molar-refractivity contribution >= 4 is 6.08 Å². The van der Waals surface area contributed by atoms with Crippen LogP contribution in [0.3, 0.4) is 0 Å². The molecular weight excluding hydrogens is 200 g/mol. The highest BCUT2D eigenvalue weighted by Gasteiger charge is 2.03. The quantitative estimate of drug-likeness (QED) is 0.785. The minimum absolute atomic E-state index is 0.830. The molecule has 0 spiro atoms. The molecule has 2 rings (SSSR count). The van der Waals surface area contributed by atoms with Crippen LogP contribution in [0.1, 0.15) is 5.56 Å². The summed E-state index contributed by atoms with van der Waals surface area (Å²) in [5, 5.41) is 4.15. The summed E-state index contributed by atoms with van der Waals surface area (Å²) in [7, 11) is 3.56. The minimum atomic E-state index is 0.830. The fourth-order valence-electron chi connectivity index (χ4n) is 1.59. The topological polar surface area (TPSA) is 27.1 Å². The lowest BCUT2D eigenvalue weighted by Crippen LogP contribution is -1.86. The smallest absolute Gasteiger partial charge is 0.120 e. The van der Waals surface area contributed by atoms with Gasteiger partial charge in [-0.2, -0.15) is 5.10 Å². The van der Waals surface area contributed by atoms with Crippen LogP contribution >= 0.6 is 0 Å². The molecule has 0 aliphatic rings. The first-order chi connectivity index (χ1) is 7.72. The number of hydrogen-bond donors (Lipinski definition) is 0. The molecule has 1 heterocycles. The Bertz CT molecular complexity index is 514. The predicted octanol–water partition coefficient (Wildman–Crippen LogP) is 2.74. The van der Waals surface area contributed by atoms with Gasteiger partial charge in [-0.1, -0.05) is 12.7 Å². The molecule has 0 fully saturated rings. The molecule has 0 bridgehead atoms. The van der Waals surface area contributed by atoms with Crippen molar-refractivity contribution in [3.63, 3.8) is 0 Å². The van der Waals surface area contributed by atoms with Crippen LogP contribution in [0.5, 0.6) is 5.75 Å². The monoisotopic (exact) mass is 214 g/mol. The van der Waals surface area contributed by atoms with Gasteiger partial charge in [0.1, 0.15) is 5.75 Å². The van der Waals surface area contributed by atoms with Gasteiger partial charge >= 0.3 is 0 Å². The second kappa shape index (κ2) is 4.23. The molecule has 0 atom stereocenters. The minimum Gasteiger partial charge on any atom is -0.497 e. The molecule has 3 nitrogen and oxygen atoms in total. The van der Waals surface area contributed by atoms with E-state index < -0.39 is 0 Å². The lowest BCUT2D eigenvalue weighted by molar-refractivity contribution is 0.415.